The first-order chi connectivity index (χ1) is 8.00. The molecule has 0 aliphatic carbocycles. The van der Waals surface area contributed by atoms with Crippen LogP contribution in [0.5, 0.6) is 0 Å². The molecule has 102 valence electrons. The highest BCUT2D eigenvalue weighted by Crippen LogP contribution is 2.24. The number of nitrogens with two attached hydrogens (primary N) is 2. The molecule has 0 spiro atoms. The maximum atomic E-state index is 5.89. The molecule has 6 N–H and O–H groups in total. The van der Waals surface area contributed by atoms with Crippen LogP contribution < -0.4 is 22.3 Å². The Labute approximate surface area is 102 Å². The van der Waals surface area contributed by atoms with E-state index in [2.05, 4.69) is 10.7 Å². The van der Waals surface area contributed by atoms with Crippen LogP contribution in [0.4, 0.5) is 0 Å². The molecule has 1 aliphatic rings. The molecule has 1 aliphatic heterocycles. The van der Waals surface area contributed by atoms with E-state index >= 15 is 0 Å². The maximum Gasteiger partial charge on any atom is 0.348 e. The Balaban J connectivity index is 2.60. The Hall–Kier alpha value is -0.280. The molecular weight excluding hydrogens is 224 g/mol. The number of nitrogens with one attached hydrogen (secondary N) is 2. The predicted molar refractivity (Wildman–Crippen MR) is 63.6 cm³/mol. The minimum Gasteiger partial charge on any atom is -0.317 e. The van der Waals surface area contributed by atoms with Gasteiger partial charge in [-0.15, -0.1) is 0 Å². The first-order valence-corrected chi connectivity index (χ1v) is 5.87. The fourth-order valence-electron chi connectivity index (χ4n) is 1.81. The molecular formula is C10H24N4O3. The second-order valence-electron chi connectivity index (χ2n) is 4.46. The zero-order chi connectivity index (χ0) is 12.9. The smallest absolute Gasteiger partial charge is 0.317 e. The van der Waals surface area contributed by atoms with Crippen molar-refractivity contribution in [2.75, 3.05) is 26.7 Å². The van der Waals surface area contributed by atoms with Gasteiger partial charge >= 0.3 is 6.10 Å². The van der Waals surface area contributed by atoms with Crippen LogP contribution in [-0.2, 0) is 14.2 Å². The summed E-state index contributed by atoms with van der Waals surface area (Å²) in [6.45, 7) is 5.46. The fourth-order valence-corrected chi connectivity index (χ4v) is 1.81. The predicted octanol–water partition coefficient (Wildman–Crippen LogP) is -1.30. The van der Waals surface area contributed by atoms with Crippen molar-refractivity contribution in [3.63, 3.8) is 0 Å². The van der Waals surface area contributed by atoms with Gasteiger partial charge in [-0.1, -0.05) is 0 Å². The molecule has 0 bridgehead atoms. The van der Waals surface area contributed by atoms with Gasteiger partial charge in [-0.25, -0.2) is 0 Å². The molecule has 7 nitrogen and oxygen atoms in total. The molecule has 0 saturated carbocycles. The lowest BCUT2D eigenvalue weighted by atomic mass is 10.0. The molecule has 17 heavy (non-hydrogen) atoms. The van der Waals surface area contributed by atoms with Crippen molar-refractivity contribution >= 4 is 0 Å². The van der Waals surface area contributed by atoms with Gasteiger partial charge in [-0.05, 0) is 20.9 Å². The number of hydrogen-bond acceptors (Lipinski definition) is 7. The van der Waals surface area contributed by atoms with E-state index in [0.717, 1.165) is 0 Å². The van der Waals surface area contributed by atoms with Crippen molar-refractivity contribution in [3.05, 3.63) is 0 Å². The van der Waals surface area contributed by atoms with E-state index in [9.17, 15) is 0 Å². The molecule has 3 atom stereocenters. The SMILES string of the molecule is CNCC1OC(N)(OC(C)C)OCC1CNN. The normalized spacial score (nSPS) is 34.2. The largest absolute Gasteiger partial charge is 0.348 e. The summed E-state index contributed by atoms with van der Waals surface area (Å²) in [5, 5.41) is 3.06. The second kappa shape index (κ2) is 6.60. The van der Waals surface area contributed by atoms with Crippen LogP contribution in [-0.4, -0.2) is 45.0 Å². The lowest BCUT2D eigenvalue weighted by Crippen LogP contribution is -2.61. The van der Waals surface area contributed by atoms with Crippen LogP contribution in [0, 0.1) is 5.92 Å². The monoisotopic (exact) mass is 248 g/mol. The zero-order valence-electron chi connectivity index (χ0n) is 10.7. The number of rotatable bonds is 6. The van der Waals surface area contributed by atoms with E-state index in [4.69, 9.17) is 25.8 Å². The molecule has 1 heterocycles. The van der Waals surface area contributed by atoms with Gasteiger partial charge in [-0.2, -0.15) is 0 Å². The Morgan fingerprint density at radius 1 is 1.47 bits per heavy atom. The van der Waals surface area contributed by atoms with Crippen LogP contribution in [0.2, 0.25) is 0 Å². The molecule has 1 rings (SSSR count). The van der Waals surface area contributed by atoms with Crippen molar-refractivity contribution in [1.29, 1.82) is 0 Å². The molecule has 0 aromatic heterocycles. The number of likely N-dealkylation sites (N-methyl/N-ethyl adjacent to an activating group) is 1. The molecule has 0 radical (unpaired) electrons. The minimum absolute atomic E-state index is 0.0700. The topological polar surface area (TPSA) is 104 Å². The van der Waals surface area contributed by atoms with Gasteiger partial charge in [0.05, 0.1) is 18.8 Å². The standard InChI is InChI=1S/C10H24N4O3/c1-7(2)16-10(11)15-6-8(4-14-12)9(17-10)5-13-3/h7-9,13-14H,4-6,11-12H2,1-3H3. The maximum absolute atomic E-state index is 5.89. The Morgan fingerprint density at radius 3 is 2.71 bits per heavy atom. The quantitative estimate of drug-likeness (QED) is 0.263. The molecule has 0 aromatic carbocycles. The van der Waals surface area contributed by atoms with E-state index in [1.807, 2.05) is 20.9 Å². The molecule has 1 fully saturated rings. The molecule has 3 unspecified atom stereocenters. The van der Waals surface area contributed by atoms with E-state index in [0.29, 0.717) is 19.7 Å². The van der Waals surface area contributed by atoms with Crippen LogP contribution in [0.25, 0.3) is 0 Å². The van der Waals surface area contributed by atoms with Crippen LogP contribution >= 0.6 is 0 Å². The van der Waals surface area contributed by atoms with Crippen molar-refractivity contribution in [2.24, 2.45) is 17.5 Å². The molecule has 7 heteroatoms. The summed E-state index contributed by atoms with van der Waals surface area (Å²) in [5.41, 5.74) is 8.52. The second-order valence-corrected chi connectivity index (χ2v) is 4.46. The van der Waals surface area contributed by atoms with Crippen molar-refractivity contribution in [2.45, 2.75) is 32.2 Å². The van der Waals surface area contributed by atoms with Crippen molar-refractivity contribution in [3.8, 4) is 0 Å². The van der Waals surface area contributed by atoms with Gasteiger partial charge in [-0.3, -0.25) is 17.0 Å². The number of ether oxygens (including phenoxy) is 3. The van der Waals surface area contributed by atoms with Crippen LogP contribution in [0.3, 0.4) is 0 Å². The first-order valence-electron chi connectivity index (χ1n) is 5.87. The Bertz CT molecular complexity index is 230. The summed E-state index contributed by atoms with van der Waals surface area (Å²) in [6.07, 6.45) is -1.63. The fraction of sp³-hybridized carbons (Fsp3) is 1.00. The van der Waals surface area contributed by atoms with Gasteiger partial charge in [0.1, 0.15) is 0 Å². The zero-order valence-corrected chi connectivity index (χ0v) is 10.7. The molecule has 0 amide bonds. The minimum atomic E-state index is -1.46. The van der Waals surface area contributed by atoms with Crippen molar-refractivity contribution < 1.29 is 14.2 Å². The Kier molecular flexibility index (Phi) is 5.74. The highest BCUT2D eigenvalue weighted by Gasteiger charge is 2.41. The van der Waals surface area contributed by atoms with E-state index in [1.54, 1.807) is 0 Å². The number of hydrogen-bond donors (Lipinski definition) is 4. The average molecular weight is 248 g/mol. The Morgan fingerprint density at radius 2 is 2.18 bits per heavy atom. The third-order valence-corrected chi connectivity index (χ3v) is 2.53. The van der Waals surface area contributed by atoms with E-state index in [-0.39, 0.29) is 18.1 Å². The average Bonchev–Trinajstić information content (AvgIpc) is 2.21. The van der Waals surface area contributed by atoms with Crippen LogP contribution in [0.15, 0.2) is 0 Å². The van der Waals surface area contributed by atoms with Gasteiger partial charge in [0.15, 0.2) is 0 Å². The third kappa shape index (κ3) is 4.47. The summed E-state index contributed by atoms with van der Waals surface area (Å²) in [5.74, 6) is 5.46. The summed E-state index contributed by atoms with van der Waals surface area (Å²) in [4.78, 5) is 0. The summed E-state index contributed by atoms with van der Waals surface area (Å²) < 4.78 is 16.5. The highest BCUT2D eigenvalue weighted by molar-refractivity contribution is 4.78. The van der Waals surface area contributed by atoms with Gasteiger partial charge < -0.3 is 19.5 Å². The van der Waals surface area contributed by atoms with Gasteiger partial charge in [0.25, 0.3) is 0 Å². The van der Waals surface area contributed by atoms with Crippen molar-refractivity contribution in [1.82, 2.24) is 10.7 Å². The molecule has 1 saturated heterocycles. The third-order valence-electron chi connectivity index (χ3n) is 2.53. The lowest BCUT2D eigenvalue weighted by Gasteiger charge is -2.42. The van der Waals surface area contributed by atoms with E-state index < -0.39 is 6.10 Å². The van der Waals surface area contributed by atoms with Crippen LogP contribution in [0.1, 0.15) is 13.8 Å². The summed E-state index contributed by atoms with van der Waals surface area (Å²) in [7, 11) is 1.85. The first kappa shape index (κ1) is 14.8. The summed E-state index contributed by atoms with van der Waals surface area (Å²) >= 11 is 0. The lowest BCUT2D eigenvalue weighted by molar-refractivity contribution is -0.430. The van der Waals surface area contributed by atoms with Gasteiger partial charge in [0.2, 0.25) is 0 Å². The highest BCUT2D eigenvalue weighted by atomic mass is 16.9. The number of hydrazine groups is 1. The van der Waals surface area contributed by atoms with E-state index in [1.165, 1.54) is 0 Å². The summed E-state index contributed by atoms with van der Waals surface area (Å²) in [6, 6.07) is 0. The molecule has 0 aromatic rings. The van der Waals surface area contributed by atoms with Gasteiger partial charge in [0, 0.05) is 19.0 Å².